The first-order valence-corrected chi connectivity index (χ1v) is 6.40. The van der Waals surface area contributed by atoms with Gasteiger partial charge in [0.15, 0.2) is 0 Å². The summed E-state index contributed by atoms with van der Waals surface area (Å²) in [4.78, 5) is 11.4. The second kappa shape index (κ2) is 6.15. The number of rotatable bonds is 4. The average molecular weight is 270 g/mol. The van der Waals surface area contributed by atoms with Crippen LogP contribution < -0.4 is 0 Å². The summed E-state index contributed by atoms with van der Waals surface area (Å²) in [5, 5.41) is 9.31. The SMILES string of the molecule is CCc1ccc(/C(=C/c2ccccc2F)C(=O)O)cc1. The monoisotopic (exact) mass is 270 g/mol. The van der Waals surface area contributed by atoms with Crippen molar-refractivity contribution < 1.29 is 14.3 Å². The number of carbonyl (C=O) groups is 1. The van der Waals surface area contributed by atoms with Crippen LogP contribution in [0.25, 0.3) is 11.6 Å². The molecule has 0 aliphatic rings. The lowest BCUT2D eigenvalue weighted by atomic mass is 10.0. The van der Waals surface area contributed by atoms with Gasteiger partial charge in [-0.3, -0.25) is 0 Å². The Kier molecular flexibility index (Phi) is 4.31. The van der Waals surface area contributed by atoms with Gasteiger partial charge in [-0.25, -0.2) is 9.18 Å². The molecule has 0 amide bonds. The predicted molar refractivity (Wildman–Crippen MR) is 77.7 cm³/mol. The largest absolute Gasteiger partial charge is 0.478 e. The van der Waals surface area contributed by atoms with Gasteiger partial charge in [-0.2, -0.15) is 0 Å². The summed E-state index contributed by atoms with van der Waals surface area (Å²) in [5.74, 6) is -1.51. The van der Waals surface area contributed by atoms with Crippen molar-refractivity contribution in [2.24, 2.45) is 0 Å². The number of carboxylic acid groups (broad SMARTS) is 1. The summed E-state index contributed by atoms with van der Waals surface area (Å²) >= 11 is 0. The van der Waals surface area contributed by atoms with Crippen LogP contribution in [0, 0.1) is 5.82 Å². The molecule has 0 aromatic heterocycles. The molecule has 0 aliphatic carbocycles. The molecule has 0 radical (unpaired) electrons. The van der Waals surface area contributed by atoms with E-state index >= 15 is 0 Å². The van der Waals surface area contributed by atoms with E-state index in [1.54, 1.807) is 30.3 Å². The van der Waals surface area contributed by atoms with Crippen molar-refractivity contribution in [2.75, 3.05) is 0 Å². The van der Waals surface area contributed by atoms with Gasteiger partial charge in [-0.1, -0.05) is 49.4 Å². The molecule has 0 aliphatic heterocycles. The number of halogens is 1. The van der Waals surface area contributed by atoms with Gasteiger partial charge in [0.1, 0.15) is 5.82 Å². The standard InChI is InChI=1S/C17H15FO2/c1-2-12-7-9-13(10-8-12)15(17(19)20)11-14-5-3-4-6-16(14)18/h3-11H,2H2,1H3,(H,19,20)/b15-11-. The Morgan fingerprint density at radius 2 is 1.80 bits per heavy atom. The third-order valence-electron chi connectivity index (χ3n) is 3.11. The van der Waals surface area contributed by atoms with Gasteiger partial charge in [0.05, 0.1) is 5.57 Å². The van der Waals surface area contributed by atoms with Gasteiger partial charge in [0.2, 0.25) is 0 Å². The van der Waals surface area contributed by atoms with Crippen molar-refractivity contribution >= 4 is 17.6 Å². The molecule has 0 bridgehead atoms. The van der Waals surface area contributed by atoms with Crippen LogP contribution in [-0.2, 0) is 11.2 Å². The molecule has 0 spiro atoms. The van der Waals surface area contributed by atoms with Crippen LogP contribution in [0.15, 0.2) is 48.5 Å². The Morgan fingerprint density at radius 3 is 2.35 bits per heavy atom. The molecule has 0 unspecified atom stereocenters. The summed E-state index contributed by atoms with van der Waals surface area (Å²) in [6, 6.07) is 13.4. The molecule has 3 heteroatoms. The van der Waals surface area contributed by atoms with Crippen molar-refractivity contribution in [1.29, 1.82) is 0 Å². The predicted octanol–water partition coefficient (Wildman–Crippen LogP) is 4.01. The Labute approximate surface area is 117 Å². The highest BCUT2D eigenvalue weighted by molar-refractivity contribution is 6.20. The number of carboxylic acids is 1. The van der Waals surface area contributed by atoms with E-state index in [4.69, 9.17) is 0 Å². The maximum atomic E-state index is 13.6. The smallest absolute Gasteiger partial charge is 0.336 e. The molecule has 20 heavy (non-hydrogen) atoms. The van der Waals surface area contributed by atoms with Gasteiger partial charge in [0.25, 0.3) is 0 Å². The van der Waals surface area contributed by atoms with Crippen LogP contribution in [0.5, 0.6) is 0 Å². The van der Waals surface area contributed by atoms with E-state index in [-0.39, 0.29) is 11.1 Å². The van der Waals surface area contributed by atoms with Gasteiger partial charge in [0, 0.05) is 5.56 Å². The van der Waals surface area contributed by atoms with E-state index in [2.05, 4.69) is 0 Å². The lowest BCUT2D eigenvalue weighted by Crippen LogP contribution is -2.00. The molecular weight excluding hydrogens is 255 g/mol. The summed E-state index contributed by atoms with van der Waals surface area (Å²) in [5.41, 5.74) is 2.05. The molecule has 2 rings (SSSR count). The maximum absolute atomic E-state index is 13.6. The van der Waals surface area contributed by atoms with Crippen molar-refractivity contribution in [3.63, 3.8) is 0 Å². The molecule has 2 nitrogen and oxygen atoms in total. The summed E-state index contributed by atoms with van der Waals surface area (Å²) in [6.07, 6.45) is 2.25. The minimum atomic E-state index is -1.07. The first-order valence-electron chi connectivity index (χ1n) is 6.40. The fraction of sp³-hybridized carbons (Fsp3) is 0.118. The number of benzene rings is 2. The third-order valence-corrected chi connectivity index (χ3v) is 3.11. The van der Waals surface area contributed by atoms with Gasteiger partial charge in [-0.05, 0) is 29.7 Å². The van der Waals surface area contributed by atoms with Crippen LogP contribution in [0.3, 0.4) is 0 Å². The quantitative estimate of drug-likeness (QED) is 0.673. The van der Waals surface area contributed by atoms with E-state index in [0.717, 1.165) is 12.0 Å². The van der Waals surface area contributed by atoms with Crippen molar-refractivity contribution in [3.05, 3.63) is 71.0 Å². The zero-order chi connectivity index (χ0) is 14.5. The van der Waals surface area contributed by atoms with E-state index in [1.165, 1.54) is 12.1 Å². The Morgan fingerprint density at radius 1 is 1.15 bits per heavy atom. The second-order valence-electron chi connectivity index (χ2n) is 4.44. The first-order chi connectivity index (χ1) is 9.61. The zero-order valence-electron chi connectivity index (χ0n) is 11.1. The highest BCUT2D eigenvalue weighted by atomic mass is 19.1. The first kappa shape index (κ1) is 14.0. The molecule has 1 N–H and O–H groups in total. The topological polar surface area (TPSA) is 37.3 Å². The highest BCUT2D eigenvalue weighted by Crippen LogP contribution is 2.21. The second-order valence-corrected chi connectivity index (χ2v) is 4.44. The lowest BCUT2D eigenvalue weighted by molar-refractivity contribution is -0.130. The Bertz CT molecular complexity index is 642. The molecule has 2 aromatic carbocycles. The van der Waals surface area contributed by atoms with Gasteiger partial charge < -0.3 is 5.11 Å². The van der Waals surface area contributed by atoms with Gasteiger partial charge in [-0.15, -0.1) is 0 Å². The van der Waals surface area contributed by atoms with Crippen molar-refractivity contribution in [3.8, 4) is 0 Å². The van der Waals surface area contributed by atoms with E-state index in [1.807, 2.05) is 19.1 Å². The number of hydrogen-bond acceptors (Lipinski definition) is 1. The number of aryl methyl sites for hydroxylation is 1. The van der Waals surface area contributed by atoms with Crippen molar-refractivity contribution in [2.45, 2.75) is 13.3 Å². The third kappa shape index (κ3) is 3.12. The normalized spacial score (nSPS) is 11.4. The average Bonchev–Trinajstić information content (AvgIpc) is 2.46. The zero-order valence-corrected chi connectivity index (χ0v) is 11.1. The number of hydrogen-bond donors (Lipinski definition) is 1. The summed E-state index contributed by atoms with van der Waals surface area (Å²) < 4.78 is 13.6. The summed E-state index contributed by atoms with van der Waals surface area (Å²) in [6.45, 7) is 2.03. The molecule has 0 saturated heterocycles. The summed E-state index contributed by atoms with van der Waals surface area (Å²) in [7, 11) is 0. The highest BCUT2D eigenvalue weighted by Gasteiger charge is 2.11. The van der Waals surface area contributed by atoms with Crippen LogP contribution in [0.2, 0.25) is 0 Å². The molecule has 0 fully saturated rings. The van der Waals surface area contributed by atoms with E-state index in [9.17, 15) is 14.3 Å². The molecule has 0 saturated carbocycles. The van der Waals surface area contributed by atoms with E-state index in [0.29, 0.717) is 5.56 Å². The Hall–Kier alpha value is -2.42. The van der Waals surface area contributed by atoms with Crippen LogP contribution in [0.1, 0.15) is 23.6 Å². The van der Waals surface area contributed by atoms with Gasteiger partial charge >= 0.3 is 5.97 Å². The fourth-order valence-electron chi connectivity index (χ4n) is 1.94. The fourth-order valence-corrected chi connectivity index (χ4v) is 1.94. The minimum absolute atomic E-state index is 0.0813. The molecular formula is C17H15FO2. The maximum Gasteiger partial charge on any atom is 0.336 e. The Balaban J connectivity index is 2.46. The number of aliphatic carboxylic acids is 1. The van der Waals surface area contributed by atoms with Crippen molar-refractivity contribution in [1.82, 2.24) is 0 Å². The molecule has 0 atom stereocenters. The van der Waals surface area contributed by atoms with Crippen LogP contribution in [-0.4, -0.2) is 11.1 Å². The molecule has 102 valence electrons. The molecule has 2 aromatic rings. The minimum Gasteiger partial charge on any atom is -0.478 e. The van der Waals surface area contributed by atoms with Crippen LogP contribution in [0.4, 0.5) is 4.39 Å². The lowest BCUT2D eigenvalue weighted by Gasteiger charge is -2.05. The molecule has 0 heterocycles. The van der Waals surface area contributed by atoms with Crippen LogP contribution >= 0.6 is 0 Å². The van der Waals surface area contributed by atoms with E-state index < -0.39 is 11.8 Å².